The Morgan fingerprint density at radius 2 is 2.29 bits per heavy atom. The normalized spacial score (nSPS) is 24.8. The summed E-state index contributed by atoms with van der Waals surface area (Å²) in [5.41, 5.74) is 4.94. The van der Waals surface area contributed by atoms with Crippen LogP contribution in [0.4, 0.5) is 0 Å². The van der Waals surface area contributed by atoms with E-state index < -0.39 is 21.0 Å². The first-order valence-electron chi connectivity index (χ1n) is 4.56. The van der Waals surface area contributed by atoms with E-state index >= 15 is 0 Å². The Bertz CT molecular complexity index is 305. The quantitative estimate of drug-likeness (QED) is 0.690. The first-order valence-corrected chi connectivity index (χ1v) is 6.27. The number of carbonyl (C=O) groups excluding carboxylic acids is 1. The van der Waals surface area contributed by atoms with Gasteiger partial charge < -0.3 is 10.5 Å². The Labute approximate surface area is 83.5 Å². The SMILES string of the molecule is CC(C(N)=O)S(=O)(=O)CC1CCCO1. The summed E-state index contributed by atoms with van der Waals surface area (Å²) >= 11 is 0. The minimum absolute atomic E-state index is 0.100. The summed E-state index contributed by atoms with van der Waals surface area (Å²) in [4.78, 5) is 10.7. The van der Waals surface area contributed by atoms with Crippen molar-refractivity contribution in [1.82, 2.24) is 0 Å². The largest absolute Gasteiger partial charge is 0.377 e. The molecule has 0 aromatic rings. The summed E-state index contributed by atoms with van der Waals surface area (Å²) in [7, 11) is -3.44. The van der Waals surface area contributed by atoms with E-state index in [-0.39, 0.29) is 11.9 Å². The van der Waals surface area contributed by atoms with Crippen molar-refractivity contribution in [2.45, 2.75) is 31.1 Å². The van der Waals surface area contributed by atoms with Crippen molar-refractivity contribution < 1.29 is 17.9 Å². The number of hydrogen-bond acceptors (Lipinski definition) is 4. The van der Waals surface area contributed by atoms with Gasteiger partial charge in [0, 0.05) is 6.61 Å². The molecule has 1 rings (SSSR count). The zero-order chi connectivity index (χ0) is 10.8. The van der Waals surface area contributed by atoms with E-state index in [9.17, 15) is 13.2 Å². The number of sulfone groups is 1. The molecule has 1 saturated heterocycles. The lowest BCUT2D eigenvalue weighted by molar-refractivity contribution is -0.117. The lowest BCUT2D eigenvalue weighted by atomic mass is 10.3. The molecule has 1 aliphatic heterocycles. The number of rotatable bonds is 4. The Hall–Kier alpha value is -0.620. The maximum Gasteiger partial charge on any atom is 0.235 e. The standard InChI is InChI=1S/C8H15NO4S/c1-6(8(9)10)14(11,12)5-7-3-2-4-13-7/h6-7H,2-5H2,1H3,(H2,9,10). The number of hydrogen-bond donors (Lipinski definition) is 1. The van der Waals surface area contributed by atoms with E-state index in [1.165, 1.54) is 6.92 Å². The van der Waals surface area contributed by atoms with Crippen LogP contribution in [0, 0.1) is 0 Å². The van der Waals surface area contributed by atoms with Gasteiger partial charge in [-0.25, -0.2) is 8.42 Å². The number of ether oxygens (including phenoxy) is 1. The summed E-state index contributed by atoms with van der Waals surface area (Å²) in [5.74, 6) is -0.903. The van der Waals surface area contributed by atoms with Crippen LogP contribution < -0.4 is 5.73 Å². The fourth-order valence-electron chi connectivity index (χ4n) is 1.36. The van der Waals surface area contributed by atoms with Crippen LogP contribution in [0.5, 0.6) is 0 Å². The van der Waals surface area contributed by atoms with Crippen LogP contribution in [0.15, 0.2) is 0 Å². The van der Waals surface area contributed by atoms with Gasteiger partial charge in [-0.3, -0.25) is 4.79 Å². The molecule has 0 aliphatic carbocycles. The second-order valence-corrected chi connectivity index (χ2v) is 5.88. The highest BCUT2D eigenvalue weighted by Crippen LogP contribution is 2.16. The highest BCUT2D eigenvalue weighted by atomic mass is 32.2. The van der Waals surface area contributed by atoms with Gasteiger partial charge in [0.25, 0.3) is 0 Å². The average molecular weight is 221 g/mol. The third-order valence-corrected chi connectivity index (χ3v) is 4.53. The van der Waals surface area contributed by atoms with Gasteiger partial charge in [0.1, 0.15) is 5.25 Å². The Balaban J connectivity index is 2.61. The molecule has 82 valence electrons. The predicted molar refractivity (Wildman–Crippen MR) is 51.4 cm³/mol. The fraction of sp³-hybridized carbons (Fsp3) is 0.875. The topological polar surface area (TPSA) is 86.5 Å². The van der Waals surface area contributed by atoms with Crippen molar-refractivity contribution in [2.75, 3.05) is 12.4 Å². The van der Waals surface area contributed by atoms with E-state index in [1.807, 2.05) is 0 Å². The zero-order valence-corrected chi connectivity index (χ0v) is 8.92. The van der Waals surface area contributed by atoms with Gasteiger partial charge in [0.2, 0.25) is 5.91 Å². The summed E-state index contributed by atoms with van der Waals surface area (Å²) in [6.45, 7) is 1.91. The van der Waals surface area contributed by atoms with Crippen LogP contribution in [0.2, 0.25) is 0 Å². The smallest absolute Gasteiger partial charge is 0.235 e. The van der Waals surface area contributed by atoms with Crippen molar-refractivity contribution in [2.24, 2.45) is 5.73 Å². The molecule has 1 amide bonds. The molecule has 14 heavy (non-hydrogen) atoms. The minimum atomic E-state index is -3.44. The second-order valence-electron chi connectivity index (χ2n) is 3.51. The van der Waals surface area contributed by atoms with Crippen LogP contribution in [0.3, 0.4) is 0 Å². The molecule has 1 aliphatic rings. The van der Waals surface area contributed by atoms with Crippen molar-refractivity contribution in [3.05, 3.63) is 0 Å². The molecule has 0 spiro atoms. The van der Waals surface area contributed by atoms with E-state index in [0.717, 1.165) is 12.8 Å². The van der Waals surface area contributed by atoms with Gasteiger partial charge >= 0.3 is 0 Å². The van der Waals surface area contributed by atoms with Crippen molar-refractivity contribution in [1.29, 1.82) is 0 Å². The highest BCUT2D eigenvalue weighted by Gasteiger charge is 2.30. The van der Waals surface area contributed by atoms with Crippen LogP contribution in [-0.2, 0) is 19.4 Å². The van der Waals surface area contributed by atoms with Crippen LogP contribution in [-0.4, -0.2) is 38.0 Å². The maximum atomic E-state index is 11.5. The molecule has 0 aromatic heterocycles. The molecule has 0 saturated carbocycles. The fourth-order valence-corrected chi connectivity index (χ4v) is 2.78. The van der Waals surface area contributed by atoms with E-state index in [0.29, 0.717) is 6.61 Å². The molecule has 1 fully saturated rings. The van der Waals surface area contributed by atoms with Gasteiger partial charge in [-0.2, -0.15) is 0 Å². The summed E-state index contributed by atoms with van der Waals surface area (Å²) in [6.07, 6.45) is 1.36. The molecule has 5 nitrogen and oxygen atoms in total. The van der Waals surface area contributed by atoms with Crippen LogP contribution in [0.25, 0.3) is 0 Å². The lowest BCUT2D eigenvalue weighted by Crippen LogP contribution is -2.37. The van der Waals surface area contributed by atoms with E-state index in [1.54, 1.807) is 0 Å². The molecule has 0 aromatic carbocycles. The van der Waals surface area contributed by atoms with Gasteiger partial charge in [0.05, 0.1) is 11.9 Å². The van der Waals surface area contributed by atoms with Gasteiger partial charge in [-0.05, 0) is 19.8 Å². The summed E-state index contributed by atoms with van der Waals surface area (Å²) in [6, 6.07) is 0. The molecule has 0 bridgehead atoms. The molecule has 2 atom stereocenters. The van der Waals surface area contributed by atoms with Gasteiger partial charge in [-0.1, -0.05) is 0 Å². The molecular formula is C8H15NO4S. The Morgan fingerprint density at radius 1 is 1.64 bits per heavy atom. The summed E-state index contributed by atoms with van der Waals surface area (Å²) < 4.78 is 28.3. The number of carbonyl (C=O) groups is 1. The van der Waals surface area contributed by atoms with Crippen molar-refractivity contribution in [3.8, 4) is 0 Å². The molecule has 0 radical (unpaired) electrons. The monoisotopic (exact) mass is 221 g/mol. The first kappa shape index (κ1) is 11.5. The Morgan fingerprint density at radius 3 is 2.71 bits per heavy atom. The van der Waals surface area contributed by atoms with E-state index in [4.69, 9.17) is 10.5 Å². The average Bonchev–Trinajstić information content (AvgIpc) is 2.54. The number of amides is 1. The number of primary amides is 1. The van der Waals surface area contributed by atoms with Crippen molar-refractivity contribution in [3.63, 3.8) is 0 Å². The number of nitrogens with two attached hydrogens (primary N) is 1. The first-order chi connectivity index (χ1) is 6.43. The lowest BCUT2D eigenvalue weighted by Gasteiger charge is -2.13. The molecule has 1 heterocycles. The van der Waals surface area contributed by atoms with E-state index in [2.05, 4.69) is 0 Å². The molecular weight excluding hydrogens is 206 g/mol. The molecule has 6 heteroatoms. The van der Waals surface area contributed by atoms with Crippen molar-refractivity contribution >= 4 is 15.7 Å². The third-order valence-electron chi connectivity index (χ3n) is 2.38. The maximum absolute atomic E-state index is 11.5. The third kappa shape index (κ3) is 2.68. The summed E-state index contributed by atoms with van der Waals surface area (Å²) in [5, 5.41) is -1.12. The molecule has 2 N–H and O–H groups in total. The zero-order valence-electron chi connectivity index (χ0n) is 8.10. The van der Waals surface area contributed by atoms with Gasteiger partial charge in [-0.15, -0.1) is 0 Å². The molecule has 2 unspecified atom stereocenters. The minimum Gasteiger partial charge on any atom is -0.377 e. The van der Waals surface area contributed by atoms with Crippen LogP contribution in [0.1, 0.15) is 19.8 Å². The predicted octanol–water partition coefficient (Wildman–Crippen LogP) is -0.546. The second kappa shape index (κ2) is 4.27. The van der Waals surface area contributed by atoms with Gasteiger partial charge in [0.15, 0.2) is 9.84 Å². The Kier molecular flexibility index (Phi) is 3.49. The highest BCUT2D eigenvalue weighted by molar-refractivity contribution is 7.92. The van der Waals surface area contributed by atoms with Crippen LogP contribution >= 0.6 is 0 Å².